The van der Waals surface area contributed by atoms with Crippen LogP contribution >= 0.6 is 0 Å². The van der Waals surface area contributed by atoms with Crippen LogP contribution in [0, 0.1) is 12.8 Å². The lowest BCUT2D eigenvalue weighted by Crippen LogP contribution is -2.42. The Bertz CT molecular complexity index is 862. The van der Waals surface area contributed by atoms with Crippen LogP contribution < -0.4 is 10.6 Å². The minimum Gasteiger partial charge on any atom is -0.338 e. The number of sulfonamides is 1. The summed E-state index contributed by atoms with van der Waals surface area (Å²) in [6, 6.07) is 10.5. The molecule has 2 aromatic rings. The number of pyridine rings is 1. The maximum atomic E-state index is 12.6. The topological polar surface area (TPSA) is 91.4 Å². The third-order valence-electron chi connectivity index (χ3n) is 4.71. The van der Waals surface area contributed by atoms with Gasteiger partial charge in [-0.1, -0.05) is 17.7 Å². The zero-order chi connectivity index (χ0) is 19.3. The second-order valence-electron chi connectivity index (χ2n) is 6.74. The minimum atomic E-state index is -3.49. The average Bonchev–Trinajstić information content (AvgIpc) is 2.69. The normalized spacial score (nSPS) is 16.0. The molecule has 0 unspecified atom stereocenters. The Balaban J connectivity index is 1.45. The minimum absolute atomic E-state index is 0.221. The lowest BCUT2D eigenvalue weighted by molar-refractivity contribution is 0.240. The predicted octanol–water partition coefficient (Wildman–Crippen LogP) is 2.61. The van der Waals surface area contributed by atoms with Crippen LogP contribution in [-0.4, -0.2) is 43.4 Å². The number of nitrogens with zero attached hydrogens (tertiary/aromatic N) is 2. The van der Waals surface area contributed by atoms with E-state index >= 15 is 0 Å². The van der Waals surface area contributed by atoms with Gasteiger partial charge in [0.2, 0.25) is 10.0 Å². The highest BCUT2D eigenvalue weighted by molar-refractivity contribution is 7.89. The molecule has 1 saturated heterocycles. The molecule has 1 aliphatic heterocycles. The zero-order valence-electron chi connectivity index (χ0n) is 15.3. The first-order valence-electron chi connectivity index (χ1n) is 8.97. The number of nitrogens with one attached hydrogen (secondary N) is 2. The summed E-state index contributed by atoms with van der Waals surface area (Å²) in [5.74, 6) is 0.258. The van der Waals surface area contributed by atoms with Gasteiger partial charge < -0.3 is 10.6 Å². The summed E-state index contributed by atoms with van der Waals surface area (Å²) in [6.45, 7) is 3.41. The van der Waals surface area contributed by atoms with Crippen molar-refractivity contribution in [2.45, 2.75) is 24.7 Å². The number of aryl methyl sites for hydroxylation is 1. The lowest BCUT2D eigenvalue weighted by Gasteiger charge is -2.31. The summed E-state index contributed by atoms with van der Waals surface area (Å²) >= 11 is 0. The van der Waals surface area contributed by atoms with Gasteiger partial charge in [-0.25, -0.2) is 13.2 Å². The van der Waals surface area contributed by atoms with E-state index < -0.39 is 10.0 Å². The number of rotatable bonds is 5. The van der Waals surface area contributed by atoms with Gasteiger partial charge in [-0.15, -0.1) is 0 Å². The second-order valence-corrected chi connectivity index (χ2v) is 8.68. The molecule has 144 valence electrons. The fraction of sp³-hybridized carbons (Fsp3) is 0.368. The van der Waals surface area contributed by atoms with Crippen molar-refractivity contribution in [1.82, 2.24) is 14.6 Å². The van der Waals surface area contributed by atoms with Crippen LogP contribution in [0.4, 0.5) is 10.5 Å². The molecule has 0 aliphatic carbocycles. The van der Waals surface area contributed by atoms with Crippen molar-refractivity contribution in [3.63, 3.8) is 0 Å². The van der Waals surface area contributed by atoms with Gasteiger partial charge in [0.1, 0.15) is 4.90 Å². The first-order valence-corrected chi connectivity index (χ1v) is 10.4. The van der Waals surface area contributed by atoms with Crippen molar-refractivity contribution in [1.29, 1.82) is 0 Å². The first-order chi connectivity index (χ1) is 12.9. The Hall–Kier alpha value is -2.45. The summed E-state index contributed by atoms with van der Waals surface area (Å²) in [7, 11) is -3.49. The highest BCUT2D eigenvalue weighted by Crippen LogP contribution is 2.23. The molecular formula is C19H24N4O3S. The standard InChI is InChI=1S/C19H24N4O3S/c1-15-4-6-17(7-5-15)22-19(24)21-13-16-8-11-23(12-9-16)27(25,26)18-3-2-10-20-14-18/h2-7,10,14,16H,8-9,11-13H2,1H3,(H2,21,22,24). The maximum absolute atomic E-state index is 12.6. The number of piperidine rings is 1. The SMILES string of the molecule is Cc1ccc(NC(=O)NCC2CCN(S(=O)(=O)c3cccnc3)CC2)cc1. The van der Waals surface area contributed by atoms with Crippen molar-refractivity contribution >= 4 is 21.7 Å². The van der Waals surface area contributed by atoms with E-state index in [2.05, 4.69) is 15.6 Å². The van der Waals surface area contributed by atoms with Crippen molar-refractivity contribution in [2.75, 3.05) is 25.0 Å². The van der Waals surface area contributed by atoms with Crippen LogP contribution in [0.25, 0.3) is 0 Å². The third kappa shape index (κ3) is 5.05. The number of anilines is 1. The lowest BCUT2D eigenvalue weighted by atomic mass is 9.98. The molecule has 1 aromatic carbocycles. The molecule has 0 radical (unpaired) electrons. The number of urea groups is 1. The van der Waals surface area contributed by atoms with E-state index in [4.69, 9.17) is 0 Å². The van der Waals surface area contributed by atoms with E-state index in [1.54, 1.807) is 18.3 Å². The van der Waals surface area contributed by atoms with Crippen molar-refractivity contribution in [2.24, 2.45) is 5.92 Å². The molecule has 1 aliphatic rings. The van der Waals surface area contributed by atoms with Crippen LogP contribution in [0.3, 0.4) is 0 Å². The average molecular weight is 388 g/mol. The summed E-state index contributed by atoms with van der Waals surface area (Å²) in [5.41, 5.74) is 1.88. The molecule has 0 spiro atoms. The number of amides is 2. The summed E-state index contributed by atoms with van der Waals surface area (Å²) < 4.78 is 26.7. The van der Waals surface area contributed by atoms with E-state index in [1.807, 2.05) is 31.2 Å². The summed E-state index contributed by atoms with van der Waals surface area (Å²) in [4.78, 5) is 16.1. The fourth-order valence-electron chi connectivity index (χ4n) is 3.05. The van der Waals surface area contributed by atoms with Gasteiger partial charge >= 0.3 is 6.03 Å². The summed E-state index contributed by atoms with van der Waals surface area (Å²) in [6.07, 6.45) is 4.35. The van der Waals surface area contributed by atoms with Crippen molar-refractivity contribution in [3.8, 4) is 0 Å². The highest BCUT2D eigenvalue weighted by atomic mass is 32.2. The van der Waals surface area contributed by atoms with Crippen LogP contribution in [0.5, 0.6) is 0 Å². The molecule has 2 N–H and O–H groups in total. The number of carbonyl (C=O) groups excluding carboxylic acids is 1. The van der Waals surface area contributed by atoms with Crippen LogP contribution in [0.2, 0.25) is 0 Å². The van der Waals surface area contributed by atoms with E-state index in [-0.39, 0.29) is 16.8 Å². The number of benzene rings is 1. The molecule has 0 atom stereocenters. The predicted molar refractivity (Wildman–Crippen MR) is 104 cm³/mol. The van der Waals surface area contributed by atoms with Crippen molar-refractivity contribution < 1.29 is 13.2 Å². The molecule has 27 heavy (non-hydrogen) atoms. The molecule has 0 bridgehead atoms. The van der Waals surface area contributed by atoms with E-state index in [0.29, 0.717) is 32.5 Å². The Labute approximate surface area is 159 Å². The van der Waals surface area contributed by atoms with Gasteiger partial charge in [0.25, 0.3) is 0 Å². The molecule has 2 heterocycles. The molecule has 1 fully saturated rings. The van der Waals surface area contributed by atoms with Gasteiger partial charge in [0.05, 0.1) is 0 Å². The number of aromatic nitrogens is 1. The molecular weight excluding hydrogens is 364 g/mol. The van der Waals surface area contributed by atoms with E-state index in [1.165, 1.54) is 10.5 Å². The van der Waals surface area contributed by atoms with Crippen LogP contribution in [-0.2, 0) is 10.0 Å². The van der Waals surface area contributed by atoms with Crippen LogP contribution in [0.15, 0.2) is 53.7 Å². The Morgan fingerprint density at radius 2 is 1.89 bits per heavy atom. The highest BCUT2D eigenvalue weighted by Gasteiger charge is 2.29. The Kier molecular flexibility index (Phi) is 6.08. The fourth-order valence-corrected chi connectivity index (χ4v) is 4.49. The molecule has 7 nitrogen and oxygen atoms in total. The quantitative estimate of drug-likeness (QED) is 0.824. The van der Waals surface area contributed by atoms with Gasteiger partial charge in [-0.05, 0) is 49.9 Å². The molecule has 2 amide bonds. The van der Waals surface area contributed by atoms with Gasteiger partial charge in [0.15, 0.2) is 0 Å². The van der Waals surface area contributed by atoms with Crippen molar-refractivity contribution in [3.05, 3.63) is 54.4 Å². The smallest absolute Gasteiger partial charge is 0.319 e. The van der Waals surface area contributed by atoms with E-state index in [9.17, 15) is 13.2 Å². The van der Waals surface area contributed by atoms with E-state index in [0.717, 1.165) is 11.3 Å². The third-order valence-corrected chi connectivity index (χ3v) is 6.59. The zero-order valence-corrected chi connectivity index (χ0v) is 16.1. The summed E-state index contributed by atoms with van der Waals surface area (Å²) in [5, 5.41) is 5.67. The molecule has 8 heteroatoms. The molecule has 0 saturated carbocycles. The second kappa shape index (κ2) is 8.49. The van der Waals surface area contributed by atoms with Gasteiger partial charge in [0, 0.05) is 37.7 Å². The maximum Gasteiger partial charge on any atom is 0.319 e. The Morgan fingerprint density at radius 1 is 1.19 bits per heavy atom. The monoisotopic (exact) mass is 388 g/mol. The largest absolute Gasteiger partial charge is 0.338 e. The first kappa shape index (κ1) is 19.3. The van der Waals surface area contributed by atoms with Gasteiger partial charge in [-0.2, -0.15) is 4.31 Å². The molecule has 1 aromatic heterocycles. The number of carbonyl (C=O) groups is 1. The molecule has 3 rings (SSSR count). The number of hydrogen-bond acceptors (Lipinski definition) is 4. The van der Waals surface area contributed by atoms with Gasteiger partial charge in [-0.3, -0.25) is 4.98 Å². The van der Waals surface area contributed by atoms with Crippen LogP contribution in [0.1, 0.15) is 18.4 Å². The Morgan fingerprint density at radius 3 is 2.52 bits per heavy atom. The number of hydrogen-bond donors (Lipinski definition) is 2.